The van der Waals surface area contributed by atoms with Crippen LogP contribution < -0.4 is 10.5 Å². The maximum Gasteiger partial charge on any atom is 0.207 e. The van der Waals surface area contributed by atoms with Crippen molar-refractivity contribution in [3.63, 3.8) is 0 Å². The van der Waals surface area contributed by atoms with E-state index < -0.39 is 9.84 Å². The first-order valence-electron chi connectivity index (χ1n) is 9.08. The summed E-state index contributed by atoms with van der Waals surface area (Å²) in [5.74, 6) is 1.13. The molecule has 0 saturated carbocycles. The molecule has 4 nitrogen and oxygen atoms in total. The number of rotatable bonds is 5. The largest absolute Gasteiger partial charge is 0.457 e. The summed E-state index contributed by atoms with van der Waals surface area (Å²) in [6.07, 6.45) is 0. The second-order valence-electron chi connectivity index (χ2n) is 6.48. The van der Waals surface area contributed by atoms with Crippen molar-refractivity contribution in [2.75, 3.05) is 5.73 Å². The fourth-order valence-corrected chi connectivity index (χ4v) is 4.63. The minimum atomic E-state index is -3.69. The van der Waals surface area contributed by atoms with Crippen molar-refractivity contribution in [2.45, 2.75) is 9.79 Å². The summed E-state index contributed by atoms with van der Waals surface area (Å²) in [6, 6.07) is 29.8. The fraction of sp³-hybridized carbons (Fsp3) is 0. The second kappa shape index (κ2) is 7.81. The molecule has 2 N–H and O–H groups in total. The Bertz CT molecular complexity index is 1250. The van der Waals surface area contributed by atoms with Crippen molar-refractivity contribution < 1.29 is 13.2 Å². The first-order chi connectivity index (χ1) is 14.1. The summed E-state index contributed by atoms with van der Waals surface area (Å²) in [6.45, 7) is 0. The molecule has 4 rings (SSSR count). The van der Waals surface area contributed by atoms with Crippen LogP contribution in [0.15, 0.2) is 113 Å². The van der Waals surface area contributed by atoms with Crippen molar-refractivity contribution in [3.05, 3.63) is 103 Å². The van der Waals surface area contributed by atoms with E-state index in [0.717, 1.165) is 0 Å². The van der Waals surface area contributed by atoms with Gasteiger partial charge in [0.05, 0.1) is 9.79 Å². The SMILES string of the molecule is Nc1cccc(Oc2ccccc2-c2ccccc2S(=O)(=O)c2ccccc2)c1. The van der Waals surface area contributed by atoms with Crippen molar-refractivity contribution in [1.82, 2.24) is 0 Å². The first kappa shape index (κ1) is 18.8. The van der Waals surface area contributed by atoms with E-state index in [-0.39, 0.29) is 9.79 Å². The van der Waals surface area contributed by atoms with E-state index in [2.05, 4.69) is 0 Å². The smallest absolute Gasteiger partial charge is 0.207 e. The van der Waals surface area contributed by atoms with Crippen molar-refractivity contribution in [3.8, 4) is 22.6 Å². The normalized spacial score (nSPS) is 11.2. The van der Waals surface area contributed by atoms with Gasteiger partial charge in [-0.1, -0.05) is 60.7 Å². The Labute approximate surface area is 170 Å². The quantitative estimate of drug-likeness (QED) is 0.445. The van der Waals surface area contributed by atoms with Crippen LogP contribution in [0.2, 0.25) is 0 Å². The van der Waals surface area contributed by atoms with Gasteiger partial charge in [-0.25, -0.2) is 8.42 Å². The molecule has 0 aliphatic carbocycles. The molecule has 0 heterocycles. The van der Waals surface area contributed by atoms with Crippen molar-refractivity contribution >= 4 is 15.5 Å². The van der Waals surface area contributed by atoms with Crippen LogP contribution in [0.25, 0.3) is 11.1 Å². The molecule has 0 aliphatic rings. The molecule has 0 saturated heterocycles. The maximum absolute atomic E-state index is 13.3. The van der Waals surface area contributed by atoms with Crippen LogP contribution in [0.5, 0.6) is 11.5 Å². The average Bonchev–Trinajstić information content (AvgIpc) is 2.75. The lowest BCUT2D eigenvalue weighted by atomic mass is 10.0. The molecule has 0 amide bonds. The molecule has 0 bridgehead atoms. The molecule has 144 valence electrons. The summed E-state index contributed by atoms with van der Waals surface area (Å²) in [7, 11) is -3.69. The zero-order valence-electron chi connectivity index (χ0n) is 15.5. The van der Waals surface area contributed by atoms with Crippen LogP contribution in [0.1, 0.15) is 0 Å². The molecular weight excluding hydrogens is 382 g/mol. The number of nitrogens with two attached hydrogens (primary N) is 1. The Kier molecular flexibility index (Phi) is 5.06. The minimum absolute atomic E-state index is 0.231. The summed E-state index contributed by atoms with van der Waals surface area (Å²) in [5.41, 5.74) is 7.70. The van der Waals surface area contributed by atoms with E-state index >= 15 is 0 Å². The molecule has 0 atom stereocenters. The standard InChI is InChI=1S/C24H19NO3S/c25-18-9-8-10-19(17-18)28-23-15-6-4-13-21(23)22-14-5-7-16-24(22)29(26,27)20-11-2-1-3-12-20/h1-17H,25H2. The highest BCUT2D eigenvalue weighted by atomic mass is 32.2. The Morgan fingerprint density at radius 1 is 0.655 bits per heavy atom. The van der Waals surface area contributed by atoms with Gasteiger partial charge in [0.2, 0.25) is 9.84 Å². The number of anilines is 1. The van der Waals surface area contributed by atoms with Crippen LogP contribution in [0.3, 0.4) is 0 Å². The highest BCUT2D eigenvalue weighted by Crippen LogP contribution is 2.38. The topological polar surface area (TPSA) is 69.4 Å². The summed E-state index contributed by atoms with van der Waals surface area (Å²) >= 11 is 0. The van der Waals surface area contributed by atoms with Crippen LogP contribution >= 0.6 is 0 Å². The molecule has 0 aliphatic heterocycles. The van der Waals surface area contributed by atoms with Crippen LogP contribution in [0.4, 0.5) is 5.69 Å². The Balaban J connectivity index is 1.84. The molecular formula is C24H19NO3S. The monoisotopic (exact) mass is 401 g/mol. The van der Waals surface area contributed by atoms with E-state index in [1.165, 1.54) is 0 Å². The van der Waals surface area contributed by atoms with E-state index in [1.807, 2.05) is 30.3 Å². The number of ether oxygens (including phenoxy) is 1. The molecule has 0 aromatic heterocycles. The van der Waals surface area contributed by atoms with Gasteiger partial charge in [-0.05, 0) is 36.4 Å². The van der Waals surface area contributed by atoms with Gasteiger partial charge in [-0.3, -0.25) is 0 Å². The predicted octanol–water partition coefficient (Wildman–Crippen LogP) is 5.56. The van der Waals surface area contributed by atoms with Crippen LogP contribution in [-0.2, 0) is 9.84 Å². The lowest BCUT2D eigenvalue weighted by molar-refractivity contribution is 0.484. The third kappa shape index (κ3) is 3.86. The maximum atomic E-state index is 13.3. The van der Waals surface area contributed by atoms with Gasteiger partial charge in [0, 0.05) is 22.9 Å². The molecule has 0 unspecified atom stereocenters. The van der Waals surface area contributed by atoms with Crippen molar-refractivity contribution in [2.24, 2.45) is 0 Å². The highest BCUT2D eigenvalue weighted by molar-refractivity contribution is 7.91. The molecule has 0 spiro atoms. The van der Waals surface area contributed by atoms with Gasteiger partial charge in [0.25, 0.3) is 0 Å². The third-order valence-corrected chi connectivity index (χ3v) is 6.32. The Hall–Kier alpha value is -3.57. The van der Waals surface area contributed by atoms with Gasteiger partial charge in [0.15, 0.2) is 0 Å². The van der Waals surface area contributed by atoms with Gasteiger partial charge < -0.3 is 10.5 Å². The molecule has 29 heavy (non-hydrogen) atoms. The predicted molar refractivity (Wildman–Crippen MR) is 115 cm³/mol. The number of hydrogen-bond donors (Lipinski definition) is 1. The first-order valence-corrected chi connectivity index (χ1v) is 10.6. The number of para-hydroxylation sites is 1. The summed E-state index contributed by atoms with van der Waals surface area (Å²) < 4.78 is 32.6. The average molecular weight is 401 g/mol. The van der Waals surface area contributed by atoms with Gasteiger partial charge in [0.1, 0.15) is 11.5 Å². The highest BCUT2D eigenvalue weighted by Gasteiger charge is 2.23. The second-order valence-corrected chi connectivity index (χ2v) is 8.40. The van der Waals surface area contributed by atoms with E-state index in [1.54, 1.807) is 72.8 Å². The summed E-state index contributed by atoms with van der Waals surface area (Å²) in [5, 5.41) is 0. The van der Waals surface area contributed by atoms with E-state index in [4.69, 9.17) is 10.5 Å². The Morgan fingerprint density at radius 2 is 1.31 bits per heavy atom. The zero-order valence-corrected chi connectivity index (χ0v) is 16.3. The lowest BCUT2D eigenvalue weighted by Crippen LogP contribution is -2.04. The molecule has 0 fully saturated rings. The van der Waals surface area contributed by atoms with Crippen LogP contribution in [0, 0.1) is 0 Å². The number of nitrogen functional groups attached to an aromatic ring is 1. The third-order valence-electron chi connectivity index (χ3n) is 4.49. The van der Waals surface area contributed by atoms with Crippen LogP contribution in [-0.4, -0.2) is 8.42 Å². The number of benzene rings is 4. The van der Waals surface area contributed by atoms with Crippen molar-refractivity contribution in [1.29, 1.82) is 0 Å². The number of hydrogen-bond acceptors (Lipinski definition) is 4. The molecule has 4 aromatic carbocycles. The van der Waals surface area contributed by atoms with Gasteiger partial charge in [-0.2, -0.15) is 0 Å². The molecule has 5 heteroatoms. The summed E-state index contributed by atoms with van der Waals surface area (Å²) in [4.78, 5) is 0.483. The Morgan fingerprint density at radius 3 is 2.07 bits per heavy atom. The zero-order chi connectivity index (χ0) is 20.3. The van der Waals surface area contributed by atoms with Gasteiger partial charge in [-0.15, -0.1) is 0 Å². The van der Waals surface area contributed by atoms with E-state index in [0.29, 0.717) is 28.3 Å². The lowest BCUT2D eigenvalue weighted by Gasteiger charge is -2.15. The molecule has 0 radical (unpaired) electrons. The van der Waals surface area contributed by atoms with Gasteiger partial charge >= 0.3 is 0 Å². The molecule has 4 aromatic rings. The minimum Gasteiger partial charge on any atom is -0.457 e. The van der Waals surface area contributed by atoms with E-state index in [9.17, 15) is 8.42 Å². The fourth-order valence-electron chi connectivity index (χ4n) is 3.13. The number of sulfone groups is 1.